The molecule has 1 aliphatic rings. The molecule has 1 aliphatic carbocycles. The van der Waals surface area contributed by atoms with Crippen LogP contribution in [0.2, 0.25) is 5.28 Å². The Balaban J connectivity index is 2.17. The van der Waals surface area contributed by atoms with Gasteiger partial charge in [-0.05, 0) is 42.2 Å². The SMILES string of the molecule is CCCc1nnc(Cl)n1CC1(C(C)C)CC1. The first-order valence-electron chi connectivity index (χ1n) is 6.16. The van der Waals surface area contributed by atoms with Crippen molar-refractivity contribution in [3.8, 4) is 0 Å². The molecule has 0 amide bonds. The molecule has 90 valence electrons. The minimum atomic E-state index is 0.453. The van der Waals surface area contributed by atoms with Crippen LogP contribution in [0.3, 0.4) is 0 Å². The van der Waals surface area contributed by atoms with Crippen molar-refractivity contribution in [2.45, 2.75) is 53.0 Å². The Morgan fingerprint density at radius 3 is 2.56 bits per heavy atom. The van der Waals surface area contributed by atoms with Crippen molar-refractivity contribution in [2.24, 2.45) is 11.3 Å². The van der Waals surface area contributed by atoms with Gasteiger partial charge >= 0.3 is 0 Å². The quantitative estimate of drug-likeness (QED) is 0.792. The average Bonchev–Trinajstić information content (AvgIpc) is 2.95. The molecular formula is C12H20ClN3. The fraction of sp³-hybridized carbons (Fsp3) is 0.833. The highest BCUT2D eigenvalue weighted by Crippen LogP contribution is 2.53. The van der Waals surface area contributed by atoms with Crippen LogP contribution >= 0.6 is 11.6 Å². The minimum absolute atomic E-state index is 0.453. The van der Waals surface area contributed by atoms with Gasteiger partial charge in [0, 0.05) is 13.0 Å². The lowest BCUT2D eigenvalue weighted by molar-refractivity contribution is 0.304. The summed E-state index contributed by atoms with van der Waals surface area (Å²) in [5, 5.41) is 8.69. The molecule has 0 unspecified atom stereocenters. The van der Waals surface area contributed by atoms with Gasteiger partial charge in [-0.15, -0.1) is 10.2 Å². The molecule has 0 aromatic carbocycles. The van der Waals surface area contributed by atoms with Gasteiger partial charge in [0.05, 0.1) is 0 Å². The fourth-order valence-corrected chi connectivity index (χ4v) is 2.47. The normalized spacial score (nSPS) is 18.1. The van der Waals surface area contributed by atoms with Crippen molar-refractivity contribution < 1.29 is 0 Å². The predicted molar refractivity (Wildman–Crippen MR) is 65.5 cm³/mol. The van der Waals surface area contributed by atoms with Gasteiger partial charge in [-0.2, -0.15) is 0 Å². The van der Waals surface area contributed by atoms with E-state index >= 15 is 0 Å². The lowest BCUT2D eigenvalue weighted by Crippen LogP contribution is -2.19. The maximum absolute atomic E-state index is 6.11. The van der Waals surface area contributed by atoms with Gasteiger partial charge in [-0.3, -0.25) is 0 Å². The Hall–Kier alpha value is -0.570. The van der Waals surface area contributed by atoms with Gasteiger partial charge < -0.3 is 4.57 Å². The van der Waals surface area contributed by atoms with Crippen LogP contribution in [0.5, 0.6) is 0 Å². The van der Waals surface area contributed by atoms with Crippen molar-refractivity contribution in [3.05, 3.63) is 11.1 Å². The third-order valence-corrected chi connectivity index (χ3v) is 4.13. The van der Waals surface area contributed by atoms with Crippen molar-refractivity contribution in [1.82, 2.24) is 14.8 Å². The van der Waals surface area contributed by atoms with E-state index in [1.54, 1.807) is 0 Å². The van der Waals surface area contributed by atoms with Gasteiger partial charge in [0.15, 0.2) is 0 Å². The van der Waals surface area contributed by atoms with E-state index in [0.29, 0.717) is 16.6 Å². The predicted octanol–water partition coefficient (Wildman–Crippen LogP) is 3.32. The maximum atomic E-state index is 6.11. The Labute approximate surface area is 102 Å². The molecule has 0 radical (unpaired) electrons. The smallest absolute Gasteiger partial charge is 0.225 e. The molecule has 0 saturated heterocycles. The van der Waals surface area contributed by atoms with Crippen LogP contribution in [0.4, 0.5) is 0 Å². The summed E-state index contributed by atoms with van der Waals surface area (Å²) in [7, 11) is 0. The summed E-state index contributed by atoms with van der Waals surface area (Å²) in [6.45, 7) is 7.74. The van der Waals surface area contributed by atoms with Gasteiger partial charge in [0.25, 0.3) is 0 Å². The Morgan fingerprint density at radius 1 is 1.38 bits per heavy atom. The molecule has 1 heterocycles. The summed E-state index contributed by atoms with van der Waals surface area (Å²) in [4.78, 5) is 0. The summed E-state index contributed by atoms with van der Waals surface area (Å²) in [6.07, 6.45) is 4.67. The third-order valence-electron chi connectivity index (χ3n) is 3.85. The second kappa shape index (κ2) is 4.36. The third kappa shape index (κ3) is 2.10. The highest BCUT2D eigenvalue weighted by atomic mass is 35.5. The Morgan fingerprint density at radius 2 is 2.06 bits per heavy atom. The molecule has 0 bridgehead atoms. The van der Waals surface area contributed by atoms with Crippen molar-refractivity contribution in [3.63, 3.8) is 0 Å². The number of halogens is 1. The molecule has 0 atom stereocenters. The second-order valence-electron chi connectivity index (χ2n) is 5.24. The standard InChI is InChI=1S/C12H20ClN3/c1-4-5-10-14-15-11(13)16(10)8-12(6-7-12)9(2)3/h9H,4-8H2,1-3H3. The highest BCUT2D eigenvalue weighted by molar-refractivity contribution is 6.28. The summed E-state index contributed by atoms with van der Waals surface area (Å²) >= 11 is 6.11. The van der Waals surface area contributed by atoms with Crippen molar-refractivity contribution in [2.75, 3.05) is 0 Å². The van der Waals surface area contributed by atoms with E-state index in [1.807, 2.05) is 0 Å². The number of rotatable bonds is 5. The second-order valence-corrected chi connectivity index (χ2v) is 5.58. The van der Waals surface area contributed by atoms with E-state index in [-0.39, 0.29) is 0 Å². The van der Waals surface area contributed by atoms with Gasteiger partial charge in [-0.1, -0.05) is 20.8 Å². The largest absolute Gasteiger partial charge is 0.301 e. The Kier molecular flexibility index (Phi) is 3.24. The lowest BCUT2D eigenvalue weighted by Gasteiger charge is -2.21. The van der Waals surface area contributed by atoms with E-state index in [1.165, 1.54) is 12.8 Å². The van der Waals surface area contributed by atoms with E-state index < -0.39 is 0 Å². The lowest BCUT2D eigenvalue weighted by atomic mass is 9.92. The summed E-state index contributed by atoms with van der Waals surface area (Å²) < 4.78 is 2.11. The van der Waals surface area contributed by atoms with E-state index in [2.05, 4.69) is 35.5 Å². The molecule has 2 rings (SSSR count). The van der Waals surface area contributed by atoms with Crippen molar-refractivity contribution >= 4 is 11.6 Å². The van der Waals surface area contributed by atoms with E-state index in [4.69, 9.17) is 11.6 Å². The summed E-state index contributed by atoms with van der Waals surface area (Å²) in [5.74, 6) is 1.75. The molecule has 4 heteroatoms. The molecule has 0 spiro atoms. The zero-order chi connectivity index (χ0) is 11.8. The van der Waals surface area contributed by atoms with Crippen LogP contribution in [0.25, 0.3) is 0 Å². The number of hydrogen-bond acceptors (Lipinski definition) is 2. The molecule has 1 aromatic rings. The average molecular weight is 242 g/mol. The zero-order valence-electron chi connectivity index (χ0n) is 10.3. The van der Waals surface area contributed by atoms with Crippen LogP contribution < -0.4 is 0 Å². The topological polar surface area (TPSA) is 30.7 Å². The molecule has 0 N–H and O–H groups in total. The van der Waals surface area contributed by atoms with Gasteiger partial charge in [0.2, 0.25) is 5.28 Å². The number of nitrogens with zero attached hydrogens (tertiary/aromatic N) is 3. The fourth-order valence-electron chi connectivity index (χ4n) is 2.27. The molecular weight excluding hydrogens is 222 g/mol. The molecule has 3 nitrogen and oxygen atoms in total. The molecule has 1 aromatic heterocycles. The summed E-state index contributed by atoms with van der Waals surface area (Å²) in [6, 6.07) is 0. The first-order valence-corrected chi connectivity index (χ1v) is 6.54. The molecule has 1 saturated carbocycles. The van der Waals surface area contributed by atoms with Crippen LogP contribution in [-0.4, -0.2) is 14.8 Å². The Bertz CT molecular complexity index is 366. The maximum Gasteiger partial charge on any atom is 0.225 e. The van der Waals surface area contributed by atoms with E-state index in [0.717, 1.165) is 25.2 Å². The number of hydrogen-bond donors (Lipinski definition) is 0. The van der Waals surface area contributed by atoms with Crippen LogP contribution in [0.1, 0.15) is 45.9 Å². The zero-order valence-corrected chi connectivity index (χ0v) is 11.1. The van der Waals surface area contributed by atoms with Crippen LogP contribution in [-0.2, 0) is 13.0 Å². The van der Waals surface area contributed by atoms with E-state index in [9.17, 15) is 0 Å². The van der Waals surface area contributed by atoms with Crippen molar-refractivity contribution in [1.29, 1.82) is 0 Å². The number of aryl methyl sites for hydroxylation is 1. The van der Waals surface area contributed by atoms with Crippen LogP contribution in [0.15, 0.2) is 0 Å². The summed E-state index contributed by atoms with van der Waals surface area (Å²) in [5.41, 5.74) is 0.453. The molecule has 1 fully saturated rings. The molecule has 0 aliphatic heterocycles. The number of aromatic nitrogens is 3. The first-order chi connectivity index (χ1) is 7.59. The highest BCUT2D eigenvalue weighted by Gasteiger charge is 2.46. The van der Waals surface area contributed by atoms with Gasteiger partial charge in [-0.25, -0.2) is 0 Å². The monoisotopic (exact) mass is 241 g/mol. The van der Waals surface area contributed by atoms with Gasteiger partial charge in [0.1, 0.15) is 5.82 Å². The minimum Gasteiger partial charge on any atom is -0.301 e. The molecule has 16 heavy (non-hydrogen) atoms. The first kappa shape index (κ1) is 11.9. The van der Waals surface area contributed by atoms with Crippen LogP contribution in [0, 0.1) is 11.3 Å².